The van der Waals surface area contributed by atoms with Gasteiger partial charge in [0.15, 0.2) is 5.43 Å². The number of aryl methyl sites for hydroxylation is 1. The fraction of sp³-hybridized carbons (Fsp3) is 0.316. The maximum Gasteiger partial charge on any atom is 0.435 e. The molecule has 3 rings (SSSR count). The third kappa shape index (κ3) is 3.33. The number of carbonyl (C=O) groups is 1. The van der Waals surface area contributed by atoms with Gasteiger partial charge in [-0.15, -0.1) is 0 Å². The number of fused-ring (bicyclic) bond motifs is 1. The van der Waals surface area contributed by atoms with Gasteiger partial charge >= 0.3 is 6.09 Å². The van der Waals surface area contributed by atoms with Crippen LogP contribution in [0.2, 0.25) is 0 Å². The molecule has 0 saturated heterocycles. The summed E-state index contributed by atoms with van der Waals surface area (Å²) in [6.07, 6.45) is 2.46. The molecule has 7 nitrogen and oxygen atoms in total. The highest BCUT2D eigenvalue weighted by molar-refractivity contribution is 5.86. The second-order valence-corrected chi connectivity index (χ2v) is 7.02. The highest BCUT2D eigenvalue weighted by Crippen LogP contribution is 2.26. The Morgan fingerprint density at radius 3 is 2.65 bits per heavy atom. The number of nitrogens with one attached hydrogen (secondary N) is 1. The van der Waals surface area contributed by atoms with Crippen LogP contribution in [0.25, 0.3) is 22.2 Å². The van der Waals surface area contributed by atoms with E-state index >= 15 is 0 Å². The maximum absolute atomic E-state index is 12.5. The van der Waals surface area contributed by atoms with Crippen LogP contribution in [0, 0.1) is 6.92 Å². The van der Waals surface area contributed by atoms with Crippen LogP contribution in [0.1, 0.15) is 26.3 Å². The molecular formula is C19H21N3O4. The summed E-state index contributed by atoms with van der Waals surface area (Å²) in [6.45, 7) is 7.23. The molecule has 0 spiro atoms. The standard InChI is InChI=1S/C19H21N3O4/c1-11-16(25-5)7-6-13-15(23)8-14(21-17(11)13)12-9-20-22(10-12)18(24)26-19(2,3)4/h6-10H,1-5H3,(H,21,23). The van der Waals surface area contributed by atoms with Gasteiger partial charge in [0.2, 0.25) is 0 Å². The molecule has 0 amide bonds. The zero-order valence-electron chi connectivity index (χ0n) is 15.4. The highest BCUT2D eigenvalue weighted by Gasteiger charge is 2.19. The molecule has 1 aromatic carbocycles. The van der Waals surface area contributed by atoms with E-state index in [1.807, 2.05) is 6.92 Å². The molecule has 0 aliphatic carbocycles. The van der Waals surface area contributed by atoms with Crippen molar-refractivity contribution in [3.63, 3.8) is 0 Å². The summed E-state index contributed by atoms with van der Waals surface area (Å²) in [5.41, 5.74) is 1.96. The van der Waals surface area contributed by atoms with Gasteiger partial charge in [0.05, 0.1) is 24.5 Å². The van der Waals surface area contributed by atoms with Crippen molar-refractivity contribution in [1.82, 2.24) is 14.8 Å². The lowest BCUT2D eigenvalue weighted by Crippen LogP contribution is -2.27. The molecule has 0 aliphatic rings. The quantitative estimate of drug-likeness (QED) is 0.760. The topological polar surface area (TPSA) is 86.2 Å². The lowest BCUT2D eigenvalue weighted by atomic mass is 10.1. The minimum Gasteiger partial charge on any atom is -0.496 e. The normalized spacial score (nSPS) is 11.6. The molecule has 7 heteroatoms. The SMILES string of the molecule is COc1ccc2c(=O)cc(-c3cnn(C(=O)OC(C)(C)C)c3)[nH]c2c1C. The lowest BCUT2D eigenvalue weighted by molar-refractivity contribution is 0.0514. The van der Waals surface area contributed by atoms with Crippen LogP contribution < -0.4 is 10.2 Å². The van der Waals surface area contributed by atoms with E-state index in [4.69, 9.17) is 9.47 Å². The molecule has 0 atom stereocenters. The Morgan fingerprint density at radius 1 is 1.27 bits per heavy atom. The Balaban J connectivity index is 2.05. The van der Waals surface area contributed by atoms with Crippen molar-refractivity contribution in [3.8, 4) is 17.0 Å². The number of rotatable bonds is 2. The van der Waals surface area contributed by atoms with Crippen LogP contribution in [-0.2, 0) is 4.74 Å². The van der Waals surface area contributed by atoms with Gasteiger partial charge in [-0.3, -0.25) is 4.79 Å². The fourth-order valence-corrected chi connectivity index (χ4v) is 2.69. The van der Waals surface area contributed by atoms with Crippen LogP contribution >= 0.6 is 0 Å². The van der Waals surface area contributed by atoms with Crippen molar-refractivity contribution in [3.05, 3.63) is 46.4 Å². The number of pyridine rings is 1. The molecule has 0 unspecified atom stereocenters. The third-order valence-corrected chi connectivity index (χ3v) is 3.91. The number of benzene rings is 1. The molecule has 0 radical (unpaired) electrons. The largest absolute Gasteiger partial charge is 0.496 e. The second kappa shape index (κ2) is 6.33. The van der Waals surface area contributed by atoms with Gasteiger partial charge in [0.25, 0.3) is 0 Å². The summed E-state index contributed by atoms with van der Waals surface area (Å²) in [5.74, 6) is 0.690. The van der Waals surface area contributed by atoms with E-state index in [1.165, 1.54) is 18.5 Å². The molecule has 3 aromatic rings. The van der Waals surface area contributed by atoms with Gasteiger partial charge in [-0.25, -0.2) is 4.79 Å². The highest BCUT2D eigenvalue weighted by atomic mass is 16.6. The van der Waals surface area contributed by atoms with E-state index in [-0.39, 0.29) is 5.43 Å². The van der Waals surface area contributed by atoms with E-state index in [0.717, 1.165) is 10.2 Å². The maximum atomic E-state index is 12.5. The summed E-state index contributed by atoms with van der Waals surface area (Å²) < 4.78 is 11.7. The van der Waals surface area contributed by atoms with Crippen LogP contribution in [0.4, 0.5) is 4.79 Å². The van der Waals surface area contributed by atoms with E-state index < -0.39 is 11.7 Å². The summed E-state index contributed by atoms with van der Waals surface area (Å²) in [5, 5.41) is 4.61. The van der Waals surface area contributed by atoms with Crippen LogP contribution in [0.5, 0.6) is 5.75 Å². The summed E-state index contributed by atoms with van der Waals surface area (Å²) in [6, 6.07) is 4.99. The Labute approximate surface area is 150 Å². The Bertz CT molecular complexity index is 1040. The molecule has 1 N–H and O–H groups in total. The summed E-state index contributed by atoms with van der Waals surface area (Å²) in [7, 11) is 1.58. The Hall–Kier alpha value is -3.09. The van der Waals surface area contributed by atoms with E-state index in [2.05, 4.69) is 10.1 Å². The zero-order chi connectivity index (χ0) is 19.1. The van der Waals surface area contributed by atoms with Crippen LogP contribution in [-0.4, -0.2) is 33.6 Å². The molecule has 136 valence electrons. The van der Waals surface area contributed by atoms with Gasteiger partial charge in [-0.05, 0) is 39.8 Å². The van der Waals surface area contributed by atoms with Crippen molar-refractivity contribution in [2.24, 2.45) is 0 Å². The number of nitrogens with zero attached hydrogens (tertiary/aromatic N) is 2. The first-order valence-corrected chi connectivity index (χ1v) is 8.18. The summed E-state index contributed by atoms with van der Waals surface area (Å²) >= 11 is 0. The third-order valence-electron chi connectivity index (χ3n) is 3.91. The van der Waals surface area contributed by atoms with Gasteiger partial charge in [-0.2, -0.15) is 9.78 Å². The van der Waals surface area contributed by atoms with Crippen molar-refractivity contribution >= 4 is 17.0 Å². The van der Waals surface area contributed by atoms with E-state index in [1.54, 1.807) is 40.0 Å². The Kier molecular flexibility index (Phi) is 4.31. The first-order chi connectivity index (χ1) is 12.2. The first-order valence-electron chi connectivity index (χ1n) is 8.18. The second-order valence-electron chi connectivity index (χ2n) is 7.02. The number of aromatic amines is 1. The number of ether oxygens (including phenoxy) is 2. The van der Waals surface area contributed by atoms with Crippen molar-refractivity contribution in [2.45, 2.75) is 33.3 Å². The molecular weight excluding hydrogens is 334 g/mol. The van der Waals surface area contributed by atoms with Crippen molar-refractivity contribution < 1.29 is 14.3 Å². The first kappa shape index (κ1) is 17.7. The molecule has 0 saturated carbocycles. The molecule has 2 heterocycles. The van der Waals surface area contributed by atoms with Gasteiger partial charge in [0, 0.05) is 28.8 Å². The minimum absolute atomic E-state index is 0.121. The number of hydrogen-bond acceptors (Lipinski definition) is 5. The molecule has 0 bridgehead atoms. The number of hydrogen-bond donors (Lipinski definition) is 1. The fourth-order valence-electron chi connectivity index (χ4n) is 2.69. The summed E-state index contributed by atoms with van der Waals surface area (Å²) in [4.78, 5) is 27.8. The number of aromatic nitrogens is 3. The van der Waals surface area contributed by atoms with Gasteiger partial charge in [-0.1, -0.05) is 0 Å². The number of methoxy groups -OCH3 is 1. The van der Waals surface area contributed by atoms with E-state index in [9.17, 15) is 9.59 Å². The van der Waals surface area contributed by atoms with Gasteiger partial charge in [0.1, 0.15) is 11.4 Å². The van der Waals surface area contributed by atoms with Gasteiger partial charge < -0.3 is 14.5 Å². The molecule has 2 aromatic heterocycles. The van der Waals surface area contributed by atoms with E-state index in [0.29, 0.717) is 27.9 Å². The van der Waals surface area contributed by atoms with Crippen LogP contribution in [0.15, 0.2) is 35.4 Å². The molecule has 0 fully saturated rings. The van der Waals surface area contributed by atoms with Crippen LogP contribution in [0.3, 0.4) is 0 Å². The average molecular weight is 355 g/mol. The predicted molar refractivity (Wildman–Crippen MR) is 98.7 cm³/mol. The number of carbonyl (C=O) groups excluding carboxylic acids is 1. The van der Waals surface area contributed by atoms with Crippen molar-refractivity contribution in [1.29, 1.82) is 0 Å². The Morgan fingerprint density at radius 2 is 2.00 bits per heavy atom. The average Bonchev–Trinajstić information content (AvgIpc) is 3.04. The predicted octanol–water partition coefficient (Wildman–Crippen LogP) is 3.49. The molecule has 0 aliphatic heterocycles. The smallest absolute Gasteiger partial charge is 0.435 e. The zero-order valence-corrected chi connectivity index (χ0v) is 15.4. The molecule has 26 heavy (non-hydrogen) atoms. The minimum atomic E-state index is -0.617. The monoisotopic (exact) mass is 355 g/mol. The lowest BCUT2D eigenvalue weighted by Gasteiger charge is -2.18. The number of H-pyrrole nitrogens is 1. The van der Waals surface area contributed by atoms with Crippen molar-refractivity contribution in [2.75, 3.05) is 7.11 Å².